The average molecular weight is 633 g/mol. The van der Waals surface area contributed by atoms with Crippen LogP contribution in [-0.4, -0.2) is 0 Å². The fraction of sp³-hybridized carbons (Fsp3) is 0.224. The molecule has 0 saturated heterocycles. The first-order valence-electron chi connectivity index (χ1n) is 18.4. The molecule has 9 rings (SSSR count). The van der Waals surface area contributed by atoms with Crippen molar-refractivity contribution in [2.45, 2.75) is 71.1 Å². The van der Waals surface area contributed by atoms with Crippen molar-refractivity contribution in [3.63, 3.8) is 0 Å². The fourth-order valence-electron chi connectivity index (χ4n) is 10.2. The molecular weight excluding hydrogens is 589 g/mol. The van der Waals surface area contributed by atoms with Gasteiger partial charge in [-0.05, 0) is 133 Å². The average Bonchev–Trinajstić information content (AvgIpc) is 3.60. The van der Waals surface area contributed by atoms with E-state index in [4.69, 9.17) is 0 Å². The first-order chi connectivity index (χ1) is 24.0. The standard InChI is InChI=1S/C49H44/c1-6-48(7-2)42-20-14-12-16-34(42)36-26-23-32(29-44(36)48)46-38-18-10-11-19-39(38)47(41-28-31(5)22-25-40(41)46)33-24-27-37-35-17-13-15-21-43(35)49(8-3,9-4)45(37)30-33/h10-30H,6-9H2,1-5H3. The molecule has 0 aliphatic heterocycles. The Balaban J connectivity index is 1.33. The number of benzene rings is 7. The number of fused-ring (bicyclic) bond motifs is 8. The molecule has 0 saturated carbocycles. The monoisotopic (exact) mass is 632 g/mol. The van der Waals surface area contributed by atoms with Crippen molar-refractivity contribution < 1.29 is 0 Å². The van der Waals surface area contributed by atoms with Gasteiger partial charge in [0.15, 0.2) is 0 Å². The van der Waals surface area contributed by atoms with Gasteiger partial charge in [0.05, 0.1) is 0 Å². The fourth-order valence-corrected chi connectivity index (χ4v) is 10.2. The van der Waals surface area contributed by atoms with Crippen molar-refractivity contribution in [1.82, 2.24) is 0 Å². The summed E-state index contributed by atoms with van der Waals surface area (Å²) in [7, 11) is 0. The summed E-state index contributed by atoms with van der Waals surface area (Å²) < 4.78 is 0. The first-order valence-corrected chi connectivity index (χ1v) is 18.4. The zero-order valence-corrected chi connectivity index (χ0v) is 29.5. The molecule has 49 heavy (non-hydrogen) atoms. The molecule has 7 aromatic carbocycles. The minimum atomic E-state index is 0.0381. The van der Waals surface area contributed by atoms with Crippen LogP contribution in [0.3, 0.4) is 0 Å². The lowest BCUT2D eigenvalue weighted by Gasteiger charge is -2.30. The Kier molecular flexibility index (Phi) is 6.79. The molecule has 2 aliphatic carbocycles. The molecular formula is C49H44. The van der Waals surface area contributed by atoms with E-state index in [-0.39, 0.29) is 10.8 Å². The highest BCUT2D eigenvalue weighted by Gasteiger charge is 2.42. The quantitative estimate of drug-likeness (QED) is 0.160. The van der Waals surface area contributed by atoms with E-state index in [1.165, 1.54) is 93.9 Å². The first kappa shape index (κ1) is 30.1. The van der Waals surface area contributed by atoms with Gasteiger partial charge in [0.2, 0.25) is 0 Å². The Morgan fingerprint density at radius 1 is 0.367 bits per heavy atom. The van der Waals surface area contributed by atoms with Crippen molar-refractivity contribution in [3.05, 3.63) is 155 Å². The van der Waals surface area contributed by atoms with Gasteiger partial charge in [0, 0.05) is 10.8 Å². The second-order valence-electron chi connectivity index (χ2n) is 14.5. The third-order valence-corrected chi connectivity index (χ3v) is 12.7. The third-order valence-electron chi connectivity index (χ3n) is 12.7. The van der Waals surface area contributed by atoms with Crippen LogP contribution in [0.2, 0.25) is 0 Å². The van der Waals surface area contributed by atoms with E-state index < -0.39 is 0 Å². The smallest absolute Gasteiger partial charge is 0.0210 e. The number of hydrogen-bond donors (Lipinski definition) is 0. The lowest BCUT2D eigenvalue weighted by molar-refractivity contribution is 0.490. The molecule has 7 aromatic rings. The molecule has 0 N–H and O–H groups in total. The van der Waals surface area contributed by atoms with Gasteiger partial charge in [-0.15, -0.1) is 0 Å². The molecule has 0 heterocycles. The Bertz CT molecular complexity index is 2450. The van der Waals surface area contributed by atoms with Crippen LogP contribution in [0.15, 0.2) is 127 Å². The molecule has 0 amide bonds. The van der Waals surface area contributed by atoms with Gasteiger partial charge < -0.3 is 0 Å². The Morgan fingerprint density at radius 2 is 0.776 bits per heavy atom. The highest BCUT2D eigenvalue weighted by Crippen LogP contribution is 2.56. The van der Waals surface area contributed by atoms with Crippen molar-refractivity contribution in [3.8, 4) is 44.5 Å². The SMILES string of the molecule is CCC1(CC)c2ccccc2-c2ccc(-c3c4ccccc4c(-c4ccc5c(c4)C(CC)(CC)c4ccccc4-5)c4cc(C)ccc34)cc21. The number of aryl methyl sites for hydroxylation is 1. The van der Waals surface area contributed by atoms with E-state index >= 15 is 0 Å². The Hall–Kier alpha value is -4.94. The second kappa shape index (κ2) is 11.0. The molecule has 0 radical (unpaired) electrons. The lowest BCUT2D eigenvalue weighted by Crippen LogP contribution is -2.23. The molecule has 240 valence electrons. The van der Waals surface area contributed by atoms with Crippen molar-refractivity contribution >= 4 is 21.5 Å². The van der Waals surface area contributed by atoms with Crippen molar-refractivity contribution in [1.29, 1.82) is 0 Å². The molecule has 2 aliphatic rings. The number of rotatable bonds is 6. The molecule has 0 unspecified atom stereocenters. The zero-order valence-electron chi connectivity index (χ0n) is 29.5. The summed E-state index contributed by atoms with van der Waals surface area (Å²) in [5, 5.41) is 5.31. The van der Waals surface area contributed by atoms with E-state index in [9.17, 15) is 0 Å². The maximum absolute atomic E-state index is 2.55. The Labute approximate surface area is 291 Å². The number of hydrogen-bond acceptors (Lipinski definition) is 0. The summed E-state index contributed by atoms with van der Waals surface area (Å²) in [6.45, 7) is 11.7. The third kappa shape index (κ3) is 3.98. The zero-order chi connectivity index (χ0) is 33.5. The van der Waals surface area contributed by atoms with E-state index in [0.29, 0.717) is 0 Å². The maximum atomic E-state index is 2.55. The summed E-state index contributed by atoms with van der Waals surface area (Å²) in [6.07, 6.45) is 4.37. The summed E-state index contributed by atoms with van der Waals surface area (Å²) in [4.78, 5) is 0. The molecule has 0 heteroatoms. The maximum Gasteiger partial charge on any atom is 0.0210 e. The van der Waals surface area contributed by atoms with E-state index in [2.05, 4.69) is 162 Å². The van der Waals surface area contributed by atoms with Gasteiger partial charge >= 0.3 is 0 Å². The van der Waals surface area contributed by atoms with Gasteiger partial charge in [-0.1, -0.05) is 149 Å². The van der Waals surface area contributed by atoms with Gasteiger partial charge in [-0.3, -0.25) is 0 Å². The van der Waals surface area contributed by atoms with Crippen LogP contribution >= 0.6 is 0 Å². The molecule has 0 bridgehead atoms. The van der Waals surface area contributed by atoms with Crippen LogP contribution < -0.4 is 0 Å². The Morgan fingerprint density at radius 3 is 1.27 bits per heavy atom. The van der Waals surface area contributed by atoms with Crippen LogP contribution in [0.4, 0.5) is 0 Å². The molecule has 0 nitrogen and oxygen atoms in total. The summed E-state index contributed by atoms with van der Waals surface area (Å²) in [5.41, 5.74) is 18.3. The summed E-state index contributed by atoms with van der Waals surface area (Å²) in [5.74, 6) is 0. The predicted octanol–water partition coefficient (Wildman–Crippen LogP) is 13.8. The van der Waals surface area contributed by atoms with Crippen LogP contribution in [-0.2, 0) is 10.8 Å². The van der Waals surface area contributed by atoms with Gasteiger partial charge in [-0.25, -0.2) is 0 Å². The van der Waals surface area contributed by atoms with E-state index in [1.807, 2.05) is 0 Å². The largest absolute Gasteiger partial charge is 0.0642 e. The normalized spacial score (nSPS) is 14.9. The van der Waals surface area contributed by atoms with Crippen LogP contribution in [0.25, 0.3) is 66.1 Å². The van der Waals surface area contributed by atoms with Crippen molar-refractivity contribution in [2.75, 3.05) is 0 Å². The summed E-state index contributed by atoms with van der Waals surface area (Å²) in [6, 6.07) is 49.2. The summed E-state index contributed by atoms with van der Waals surface area (Å²) >= 11 is 0. The molecule has 0 spiro atoms. The second-order valence-corrected chi connectivity index (χ2v) is 14.5. The van der Waals surface area contributed by atoms with Crippen molar-refractivity contribution in [2.24, 2.45) is 0 Å². The lowest BCUT2D eigenvalue weighted by atomic mass is 9.73. The van der Waals surface area contributed by atoms with Gasteiger partial charge in [0.25, 0.3) is 0 Å². The minimum Gasteiger partial charge on any atom is -0.0642 e. The highest BCUT2D eigenvalue weighted by atomic mass is 14.4. The van der Waals surface area contributed by atoms with E-state index in [0.717, 1.165) is 25.7 Å². The topological polar surface area (TPSA) is 0 Å². The van der Waals surface area contributed by atoms with Crippen LogP contribution in [0.1, 0.15) is 81.2 Å². The molecule has 0 aromatic heterocycles. The molecule has 0 fully saturated rings. The van der Waals surface area contributed by atoms with Crippen LogP contribution in [0.5, 0.6) is 0 Å². The van der Waals surface area contributed by atoms with Gasteiger partial charge in [0.1, 0.15) is 0 Å². The van der Waals surface area contributed by atoms with E-state index in [1.54, 1.807) is 0 Å². The van der Waals surface area contributed by atoms with Gasteiger partial charge in [-0.2, -0.15) is 0 Å². The highest BCUT2D eigenvalue weighted by molar-refractivity contribution is 6.21. The predicted molar refractivity (Wildman–Crippen MR) is 211 cm³/mol. The minimum absolute atomic E-state index is 0.0381. The molecule has 0 atom stereocenters. The van der Waals surface area contributed by atoms with Crippen LogP contribution in [0, 0.1) is 6.92 Å².